The zero-order valence-corrected chi connectivity index (χ0v) is 14.5. The number of guanidine groups is 1. The van der Waals surface area contributed by atoms with E-state index < -0.39 is 0 Å². The van der Waals surface area contributed by atoms with Gasteiger partial charge in [0.2, 0.25) is 0 Å². The fourth-order valence-corrected chi connectivity index (χ4v) is 2.27. The molecule has 0 spiro atoms. The van der Waals surface area contributed by atoms with Crippen molar-refractivity contribution in [3.63, 3.8) is 0 Å². The third-order valence-electron chi connectivity index (χ3n) is 3.64. The summed E-state index contributed by atoms with van der Waals surface area (Å²) < 4.78 is 13.3. The lowest BCUT2D eigenvalue weighted by Crippen LogP contribution is -2.41. The molecule has 3 N–H and O–H groups in total. The maximum Gasteiger partial charge on any atom is 0.251 e. The number of hydrogen-bond donors (Lipinski definition) is 3. The lowest BCUT2D eigenvalue weighted by Gasteiger charge is -2.13. The van der Waals surface area contributed by atoms with E-state index in [1.54, 1.807) is 38.2 Å². The Morgan fingerprint density at radius 1 is 1.04 bits per heavy atom. The summed E-state index contributed by atoms with van der Waals surface area (Å²) in [5, 5.41) is 9.12. The normalized spacial score (nSPS) is 11.1. The number of nitrogens with one attached hydrogen (secondary N) is 3. The molecule has 0 aliphatic rings. The Morgan fingerprint density at radius 2 is 1.76 bits per heavy atom. The number of aliphatic imine (C=N–C) groups is 1. The number of nitrogens with zero attached hydrogens (tertiary/aromatic N) is 1. The molecule has 2 aromatic rings. The Kier molecular flexibility index (Phi) is 6.95. The molecular formula is C19H23FN4O. The first-order chi connectivity index (χ1) is 12.1. The summed E-state index contributed by atoms with van der Waals surface area (Å²) in [5.41, 5.74) is 2.22. The number of carbonyl (C=O) groups is 1. The minimum Gasteiger partial charge on any atom is -0.355 e. The van der Waals surface area contributed by atoms with Gasteiger partial charge in [-0.25, -0.2) is 4.39 Å². The highest BCUT2D eigenvalue weighted by Crippen LogP contribution is 2.08. The lowest BCUT2D eigenvalue weighted by atomic mass is 10.1. The Balaban J connectivity index is 1.71. The highest BCUT2D eigenvalue weighted by molar-refractivity contribution is 5.94. The molecule has 0 fully saturated rings. The minimum atomic E-state index is -0.208. The summed E-state index contributed by atoms with van der Waals surface area (Å²) in [4.78, 5) is 16.0. The van der Waals surface area contributed by atoms with Crippen molar-refractivity contribution in [2.75, 3.05) is 20.1 Å². The summed E-state index contributed by atoms with van der Waals surface area (Å²) in [6.45, 7) is 3.29. The van der Waals surface area contributed by atoms with Gasteiger partial charge in [0.25, 0.3) is 5.91 Å². The highest BCUT2D eigenvalue weighted by Gasteiger charge is 2.04. The van der Waals surface area contributed by atoms with E-state index >= 15 is 0 Å². The first kappa shape index (κ1) is 18.4. The van der Waals surface area contributed by atoms with Crippen molar-refractivity contribution in [3.8, 4) is 0 Å². The van der Waals surface area contributed by atoms with Crippen LogP contribution in [-0.2, 0) is 6.54 Å². The molecule has 6 heteroatoms. The average Bonchev–Trinajstić information content (AvgIpc) is 2.64. The van der Waals surface area contributed by atoms with Crippen LogP contribution in [-0.4, -0.2) is 32.0 Å². The smallest absolute Gasteiger partial charge is 0.251 e. The summed E-state index contributed by atoms with van der Waals surface area (Å²) >= 11 is 0. The largest absolute Gasteiger partial charge is 0.355 e. The first-order valence-electron chi connectivity index (χ1n) is 8.13. The molecule has 0 saturated carbocycles. The standard InChI is InChI=1S/C19H23FN4O/c1-14-12-15(8-9-17(14)20)13-24-19(21-2)23-11-10-22-18(25)16-6-4-3-5-7-16/h3-9,12H,10-11,13H2,1-2H3,(H,22,25)(H2,21,23,24). The maximum atomic E-state index is 13.3. The van der Waals surface area contributed by atoms with E-state index in [0.29, 0.717) is 36.7 Å². The molecule has 0 aliphatic heterocycles. The number of hydrogen-bond acceptors (Lipinski definition) is 2. The van der Waals surface area contributed by atoms with Crippen molar-refractivity contribution < 1.29 is 9.18 Å². The van der Waals surface area contributed by atoms with Gasteiger partial charge in [0.15, 0.2) is 5.96 Å². The number of carbonyl (C=O) groups excluding carboxylic acids is 1. The molecule has 0 unspecified atom stereocenters. The number of benzene rings is 2. The molecule has 0 saturated heterocycles. The topological polar surface area (TPSA) is 65.5 Å². The monoisotopic (exact) mass is 342 g/mol. The third kappa shape index (κ3) is 5.91. The third-order valence-corrected chi connectivity index (χ3v) is 3.64. The van der Waals surface area contributed by atoms with Gasteiger partial charge in [-0.1, -0.05) is 30.3 Å². The van der Waals surface area contributed by atoms with Crippen LogP contribution >= 0.6 is 0 Å². The molecule has 5 nitrogen and oxygen atoms in total. The van der Waals surface area contributed by atoms with Crippen LogP contribution in [0.5, 0.6) is 0 Å². The van der Waals surface area contributed by atoms with Crippen LogP contribution in [0.2, 0.25) is 0 Å². The zero-order valence-electron chi connectivity index (χ0n) is 14.5. The van der Waals surface area contributed by atoms with E-state index in [-0.39, 0.29) is 11.7 Å². The van der Waals surface area contributed by atoms with Gasteiger partial charge in [0, 0.05) is 32.2 Å². The summed E-state index contributed by atoms with van der Waals surface area (Å²) in [7, 11) is 1.67. The molecule has 2 aromatic carbocycles. The summed E-state index contributed by atoms with van der Waals surface area (Å²) in [5.74, 6) is 0.309. The molecule has 132 valence electrons. The molecule has 1 amide bonds. The lowest BCUT2D eigenvalue weighted by molar-refractivity contribution is 0.0954. The van der Waals surface area contributed by atoms with Crippen LogP contribution in [0.3, 0.4) is 0 Å². The van der Waals surface area contributed by atoms with Crippen LogP contribution in [0.4, 0.5) is 4.39 Å². The van der Waals surface area contributed by atoms with Crippen molar-refractivity contribution >= 4 is 11.9 Å². The second-order valence-corrected chi connectivity index (χ2v) is 5.56. The number of rotatable bonds is 6. The Bertz CT molecular complexity index is 731. The van der Waals surface area contributed by atoms with E-state index in [9.17, 15) is 9.18 Å². The quantitative estimate of drug-likeness (QED) is 0.428. The molecule has 0 heterocycles. The van der Waals surface area contributed by atoms with Crippen LogP contribution in [0.1, 0.15) is 21.5 Å². The number of amides is 1. The predicted octanol–water partition coefficient (Wildman–Crippen LogP) is 2.23. The molecule has 25 heavy (non-hydrogen) atoms. The fraction of sp³-hybridized carbons (Fsp3) is 0.263. The van der Waals surface area contributed by atoms with Crippen LogP contribution in [0.25, 0.3) is 0 Å². The van der Waals surface area contributed by atoms with Crippen molar-refractivity contribution in [2.45, 2.75) is 13.5 Å². The van der Waals surface area contributed by atoms with Crippen LogP contribution in [0, 0.1) is 12.7 Å². The second kappa shape index (κ2) is 9.42. The summed E-state index contributed by atoms with van der Waals surface area (Å²) in [6, 6.07) is 14.1. The van der Waals surface area contributed by atoms with Gasteiger partial charge in [0.1, 0.15) is 5.82 Å². The Hall–Kier alpha value is -2.89. The van der Waals surface area contributed by atoms with E-state index in [4.69, 9.17) is 0 Å². The average molecular weight is 342 g/mol. The van der Waals surface area contributed by atoms with Crippen LogP contribution < -0.4 is 16.0 Å². The van der Waals surface area contributed by atoms with E-state index in [1.807, 2.05) is 18.2 Å². The van der Waals surface area contributed by atoms with E-state index in [1.165, 1.54) is 6.07 Å². The van der Waals surface area contributed by atoms with Gasteiger partial charge in [-0.2, -0.15) is 0 Å². The molecule has 2 rings (SSSR count). The number of halogens is 1. The Morgan fingerprint density at radius 3 is 2.44 bits per heavy atom. The summed E-state index contributed by atoms with van der Waals surface area (Å²) in [6.07, 6.45) is 0. The van der Waals surface area contributed by atoms with Gasteiger partial charge in [-0.05, 0) is 36.2 Å². The highest BCUT2D eigenvalue weighted by atomic mass is 19.1. The Labute approximate surface area is 147 Å². The van der Waals surface area contributed by atoms with Crippen molar-refractivity contribution in [3.05, 3.63) is 71.0 Å². The number of aryl methyl sites for hydroxylation is 1. The maximum absolute atomic E-state index is 13.3. The molecule has 0 radical (unpaired) electrons. The zero-order chi connectivity index (χ0) is 18.1. The van der Waals surface area contributed by atoms with Gasteiger partial charge >= 0.3 is 0 Å². The SMILES string of the molecule is CN=C(NCCNC(=O)c1ccccc1)NCc1ccc(F)c(C)c1. The van der Waals surface area contributed by atoms with Crippen LogP contribution in [0.15, 0.2) is 53.5 Å². The molecule has 0 aromatic heterocycles. The van der Waals surface area contributed by atoms with E-state index in [0.717, 1.165) is 5.56 Å². The fourth-order valence-electron chi connectivity index (χ4n) is 2.27. The predicted molar refractivity (Wildman–Crippen MR) is 98.1 cm³/mol. The second-order valence-electron chi connectivity index (χ2n) is 5.56. The molecular weight excluding hydrogens is 319 g/mol. The van der Waals surface area contributed by atoms with Crippen molar-refractivity contribution in [2.24, 2.45) is 4.99 Å². The molecule has 0 bridgehead atoms. The molecule has 0 atom stereocenters. The van der Waals surface area contributed by atoms with Crippen molar-refractivity contribution in [1.29, 1.82) is 0 Å². The van der Waals surface area contributed by atoms with Gasteiger partial charge in [-0.15, -0.1) is 0 Å². The van der Waals surface area contributed by atoms with Gasteiger partial charge in [-0.3, -0.25) is 9.79 Å². The van der Waals surface area contributed by atoms with Gasteiger partial charge < -0.3 is 16.0 Å². The minimum absolute atomic E-state index is 0.105. The van der Waals surface area contributed by atoms with Gasteiger partial charge in [0.05, 0.1) is 0 Å². The molecule has 0 aliphatic carbocycles. The van der Waals surface area contributed by atoms with Crippen molar-refractivity contribution in [1.82, 2.24) is 16.0 Å². The van der Waals surface area contributed by atoms with E-state index in [2.05, 4.69) is 20.9 Å². The first-order valence-corrected chi connectivity index (χ1v) is 8.13.